The number of aldehydes is 1. The van der Waals surface area contributed by atoms with E-state index in [4.69, 9.17) is 1.37 Å². The van der Waals surface area contributed by atoms with Crippen molar-refractivity contribution in [3.63, 3.8) is 0 Å². The van der Waals surface area contributed by atoms with E-state index >= 15 is 0 Å². The fourth-order valence-corrected chi connectivity index (χ4v) is 1.13. The molecule has 0 spiro atoms. The van der Waals surface area contributed by atoms with Gasteiger partial charge in [-0.3, -0.25) is 9.59 Å². The van der Waals surface area contributed by atoms with Gasteiger partial charge in [0.15, 0.2) is 5.78 Å². The number of rotatable bonds is 2. The van der Waals surface area contributed by atoms with Gasteiger partial charge in [-0.25, -0.2) is 0 Å². The van der Waals surface area contributed by atoms with Gasteiger partial charge in [0, 0.05) is 11.1 Å². The number of Topliss-reactive ketones (excluding diaryl/α,β-unsaturated/α-hetero) is 1. The highest BCUT2D eigenvalue weighted by Gasteiger charge is 2.05. The number of hydrogen-bond donors (Lipinski definition) is 0. The number of hydrogen-bond acceptors (Lipinski definition) is 2. The van der Waals surface area contributed by atoms with E-state index in [0.717, 1.165) is 0 Å². The fraction of sp³-hybridized carbons (Fsp3) is 0.200. The molecular formula is C10H10O2. The first kappa shape index (κ1) is 7.22. The Morgan fingerprint density at radius 2 is 2.25 bits per heavy atom. The van der Waals surface area contributed by atoms with Gasteiger partial charge in [-0.15, -0.1) is 0 Å². The summed E-state index contributed by atoms with van der Waals surface area (Å²) in [6, 6.07) is 4.83. The topological polar surface area (TPSA) is 34.1 Å². The van der Waals surface area contributed by atoms with E-state index in [1.165, 1.54) is 6.92 Å². The molecule has 1 rings (SSSR count). The van der Waals surface area contributed by atoms with E-state index in [1.54, 1.807) is 25.1 Å². The zero-order valence-electron chi connectivity index (χ0n) is 8.05. The van der Waals surface area contributed by atoms with Crippen LogP contribution in [0.5, 0.6) is 0 Å². The second-order valence-electron chi connectivity index (χ2n) is 2.64. The summed E-state index contributed by atoms with van der Waals surface area (Å²) in [4.78, 5) is 21.9. The number of carbonyl (C=O) groups is 2. The van der Waals surface area contributed by atoms with E-state index in [0.29, 0.717) is 16.7 Å². The Bertz CT molecular complexity index is 337. The van der Waals surface area contributed by atoms with Gasteiger partial charge in [0.05, 0.1) is 0 Å². The van der Waals surface area contributed by atoms with Crippen molar-refractivity contribution >= 4 is 12.0 Å². The van der Waals surface area contributed by atoms with Crippen molar-refractivity contribution in [2.75, 3.05) is 0 Å². The van der Waals surface area contributed by atoms with Gasteiger partial charge in [-0.1, -0.05) is 18.2 Å². The van der Waals surface area contributed by atoms with E-state index in [1.807, 2.05) is 0 Å². The third kappa shape index (κ3) is 1.42. The minimum absolute atomic E-state index is 0.0828. The predicted molar refractivity (Wildman–Crippen MR) is 46.6 cm³/mol. The first-order valence-corrected chi connectivity index (χ1v) is 3.65. The van der Waals surface area contributed by atoms with Gasteiger partial charge in [0.25, 0.3) is 0 Å². The molecule has 0 atom stereocenters. The van der Waals surface area contributed by atoms with Crippen LogP contribution in [0.1, 0.15) is 34.6 Å². The van der Waals surface area contributed by atoms with Crippen molar-refractivity contribution < 1.29 is 11.0 Å². The van der Waals surface area contributed by atoms with Gasteiger partial charge in [0.1, 0.15) is 7.63 Å². The molecule has 0 saturated heterocycles. The Hall–Kier alpha value is -1.44. The lowest BCUT2D eigenvalue weighted by Crippen LogP contribution is -1.98. The van der Waals surface area contributed by atoms with Crippen LogP contribution in [0.2, 0.25) is 0 Å². The molecule has 0 N–H and O–H groups in total. The highest BCUT2D eigenvalue weighted by molar-refractivity contribution is 5.97. The first-order valence-electron chi connectivity index (χ1n) is 4.15. The minimum atomic E-state index is -0.749. The number of carbonyl (C=O) groups excluding carboxylic acids is 2. The van der Waals surface area contributed by atoms with Gasteiger partial charge < -0.3 is 0 Å². The number of ketones is 1. The van der Waals surface area contributed by atoms with Gasteiger partial charge in [-0.2, -0.15) is 0 Å². The summed E-state index contributed by atoms with van der Waals surface area (Å²) in [5.41, 5.74) is 1.40. The van der Waals surface area contributed by atoms with Crippen LogP contribution in [0.4, 0.5) is 0 Å². The van der Waals surface area contributed by atoms with E-state index in [2.05, 4.69) is 0 Å². The monoisotopic (exact) mass is 164 g/mol. The predicted octanol–water partition coefficient (Wildman–Crippen LogP) is 2.01. The maximum absolute atomic E-state index is 11.1. The van der Waals surface area contributed by atoms with Crippen LogP contribution in [-0.2, 0) is 0 Å². The summed E-state index contributed by atoms with van der Waals surface area (Å²) in [5.74, 6) is -0.0828. The Balaban J connectivity index is 3.35. The highest BCUT2D eigenvalue weighted by Crippen LogP contribution is 2.12. The molecule has 1 aromatic rings. The van der Waals surface area contributed by atoms with Crippen molar-refractivity contribution in [1.82, 2.24) is 0 Å². The first-order chi connectivity index (χ1) is 6.04. The van der Waals surface area contributed by atoms with Gasteiger partial charge >= 0.3 is 0 Å². The lowest BCUT2D eigenvalue weighted by atomic mass is 10.0. The largest absolute Gasteiger partial charge is 0.298 e. The third-order valence-electron chi connectivity index (χ3n) is 1.82. The smallest absolute Gasteiger partial charge is 0.160 e. The van der Waals surface area contributed by atoms with E-state index in [-0.39, 0.29) is 5.78 Å². The average molecular weight is 164 g/mol. The fourth-order valence-electron chi connectivity index (χ4n) is 1.13. The summed E-state index contributed by atoms with van der Waals surface area (Å²) >= 11 is 0. The standard InChI is InChI=1S/C10H10O2/c1-7-9(6-11)4-3-5-10(7)8(2)12/h3-6H,1-2H3/i6T. The summed E-state index contributed by atoms with van der Waals surface area (Å²) in [7, 11) is 0. The van der Waals surface area contributed by atoms with Crippen LogP contribution >= 0.6 is 0 Å². The molecule has 0 radical (unpaired) electrons. The molecule has 2 heteroatoms. The molecule has 0 heterocycles. The second-order valence-corrected chi connectivity index (χ2v) is 2.64. The maximum atomic E-state index is 11.1. The maximum Gasteiger partial charge on any atom is 0.160 e. The molecule has 2 nitrogen and oxygen atoms in total. The molecule has 0 aliphatic carbocycles. The Kier molecular flexibility index (Phi) is 1.99. The Labute approximate surface area is 72.6 Å². The van der Waals surface area contributed by atoms with E-state index < -0.39 is 6.26 Å². The summed E-state index contributed by atoms with van der Waals surface area (Å²) in [5, 5.41) is 0. The van der Waals surface area contributed by atoms with Crippen molar-refractivity contribution in [2.24, 2.45) is 0 Å². The third-order valence-corrected chi connectivity index (χ3v) is 1.82. The van der Waals surface area contributed by atoms with Crippen LogP contribution in [0.25, 0.3) is 0 Å². The van der Waals surface area contributed by atoms with Crippen LogP contribution in [0.3, 0.4) is 0 Å². The Morgan fingerprint density at radius 3 is 2.75 bits per heavy atom. The van der Waals surface area contributed by atoms with E-state index in [9.17, 15) is 9.59 Å². The molecule has 0 saturated carbocycles. The lowest BCUT2D eigenvalue weighted by Gasteiger charge is -2.02. The molecule has 0 bridgehead atoms. The van der Waals surface area contributed by atoms with Crippen LogP contribution in [-0.4, -0.2) is 12.0 Å². The lowest BCUT2D eigenvalue weighted by molar-refractivity contribution is 0.101. The van der Waals surface area contributed by atoms with Crippen LogP contribution < -0.4 is 0 Å². The average Bonchev–Trinajstić information content (AvgIpc) is 2.03. The molecule has 0 aliphatic rings. The molecule has 12 heavy (non-hydrogen) atoms. The zero-order chi connectivity index (χ0) is 10.0. The summed E-state index contributed by atoms with van der Waals surface area (Å²) in [6.45, 7) is 3.12. The molecular weight excluding hydrogens is 152 g/mol. The van der Waals surface area contributed by atoms with Gasteiger partial charge in [0.2, 0.25) is 0 Å². The van der Waals surface area contributed by atoms with Crippen molar-refractivity contribution in [1.29, 1.82) is 0 Å². The minimum Gasteiger partial charge on any atom is -0.298 e. The van der Waals surface area contributed by atoms with Gasteiger partial charge in [-0.05, 0) is 19.4 Å². The molecule has 1 aromatic carbocycles. The normalized spacial score (nSPS) is 10.7. The summed E-state index contributed by atoms with van der Waals surface area (Å²) in [6.07, 6.45) is -0.749. The molecule has 0 aliphatic heterocycles. The zero-order valence-corrected chi connectivity index (χ0v) is 7.05. The SMILES string of the molecule is [3H]C(=O)c1cccc(C(C)=O)c1C. The highest BCUT2D eigenvalue weighted by atomic mass is 16.1. The summed E-state index contributed by atoms with van der Waals surface area (Å²) < 4.78 is 6.95. The van der Waals surface area contributed by atoms with Crippen LogP contribution in [0.15, 0.2) is 18.2 Å². The van der Waals surface area contributed by atoms with Crippen molar-refractivity contribution in [3.8, 4) is 0 Å². The Morgan fingerprint density at radius 1 is 1.58 bits per heavy atom. The second kappa shape index (κ2) is 3.30. The van der Waals surface area contributed by atoms with Crippen molar-refractivity contribution in [2.45, 2.75) is 13.8 Å². The molecule has 0 unspecified atom stereocenters. The number of benzene rings is 1. The van der Waals surface area contributed by atoms with Crippen LogP contribution in [0, 0.1) is 6.92 Å². The molecule has 62 valence electrons. The molecule has 0 amide bonds. The molecule has 0 fully saturated rings. The van der Waals surface area contributed by atoms with Crippen molar-refractivity contribution in [3.05, 3.63) is 34.9 Å². The molecule has 0 aromatic heterocycles. The quantitative estimate of drug-likeness (QED) is 0.495.